The fourth-order valence-corrected chi connectivity index (χ4v) is 8.97. The molecule has 3 atom stereocenters. The SMILES string of the molecule is CS(=O)(=O)NC1=C2C(=N[C@]3(C(=O)N(Cc4ccccc4)c4ccccc43)[C@@H]2c2cccc(Cl)c2)S[C@H](c2cccc(Cl)c2)C1. The lowest BCUT2D eigenvalue weighted by molar-refractivity contribution is -0.123. The number of halogens is 2. The molecule has 1 N–H and O–H groups in total. The number of carbonyl (C=O) groups is 1. The van der Waals surface area contributed by atoms with Gasteiger partial charge in [-0.25, -0.2) is 8.42 Å². The fraction of sp³-hybridized carbons (Fsp3) is 0.176. The first-order valence-electron chi connectivity index (χ1n) is 14.1. The van der Waals surface area contributed by atoms with Crippen molar-refractivity contribution in [2.75, 3.05) is 11.2 Å². The number of sulfonamides is 1. The first-order chi connectivity index (χ1) is 21.1. The zero-order valence-electron chi connectivity index (χ0n) is 23.6. The van der Waals surface area contributed by atoms with Crippen molar-refractivity contribution >= 4 is 61.6 Å². The van der Waals surface area contributed by atoms with Crippen molar-refractivity contribution in [2.45, 2.75) is 29.7 Å². The molecule has 0 aliphatic carbocycles. The topological polar surface area (TPSA) is 78.8 Å². The Hall–Kier alpha value is -3.56. The maximum absolute atomic E-state index is 15.0. The van der Waals surface area contributed by atoms with Crippen LogP contribution in [0.25, 0.3) is 0 Å². The molecule has 10 heteroatoms. The summed E-state index contributed by atoms with van der Waals surface area (Å²) >= 11 is 14.4. The van der Waals surface area contributed by atoms with Crippen LogP contribution < -0.4 is 9.62 Å². The molecule has 1 amide bonds. The molecule has 7 rings (SSSR count). The third kappa shape index (κ3) is 5.04. The fourth-order valence-electron chi connectivity index (χ4n) is 6.56. The van der Waals surface area contributed by atoms with Gasteiger partial charge in [-0.1, -0.05) is 108 Å². The molecule has 3 heterocycles. The highest BCUT2D eigenvalue weighted by Gasteiger charge is 2.62. The largest absolute Gasteiger partial charge is 0.305 e. The maximum Gasteiger partial charge on any atom is 0.260 e. The molecule has 1 spiro atoms. The number of thioether (sulfide) groups is 1. The van der Waals surface area contributed by atoms with Crippen LogP contribution in [0, 0.1) is 0 Å². The van der Waals surface area contributed by atoms with Crippen molar-refractivity contribution < 1.29 is 13.2 Å². The molecule has 4 aromatic carbocycles. The van der Waals surface area contributed by atoms with Crippen LogP contribution in [0.3, 0.4) is 0 Å². The normalized spacial score (nSPS) is 22.7. The Kier molecular flexibility index (Phi) is 7.36. The van der Waals surface area contributed by atoms with Crippen LogP contribution in [0.4, 0.5) is 5.69 Å². The Balaban J connectivity index is 1.48. The van der Waals surface area contributed by atoms with E-state index in [1.807, 2.05) is 97.1 Å². The monoisotopic (exact) mass is 659 g/mol. The number of amides is 1. The van der Waals surface area contributed by atoms with Crippen LogP contribution in [0.1, 0.15) is 39.8 Å². The van der Waals surface area contributed by atoms with Gasteiger partial charge in [0.1, 0.15) is 0 Å². The molecular weight excluding hydrogens is 633 g/mol. The minimum Gasteiger partial charge on any atom is -0.305 e. The lowest BCUT2D eigenvalue weighted by Gasteiger charge is -2.32. The van der Waals surface area contributed by atoms with Gasteiger partial charge in [0.15, 0.2) is 5.54 Å². The van der Waals surface area contributed by atoms with Gasteiger partial charge >= 0.3 is 0 Å². The summed E-state index contributed by atoms with van der Waals surface area (Å²) in [6, 6.07) is 32.6. The highest BCUT2D eigenvalue weighted by Crippen LogP contribution is 2.62. The minimum atomic E-state index is -3.67. The van der Waals surface area contributed by atoms with Gasteiger partial charge in [0.25, 0.3) is 5.91 Å². The predicted octanol–water partition coefficient (Wildman–Crippen LogP) is 7.61. The summed E-state index contributed by atoms with van der Waals surface area (Å²) in [5.41, 5.74) is 4.14. The number of fused-ring (bicyclic) bond motifs is 3. The van der Waals surface area contributed by atoms with Crippen molar-refractivity contribution in [1.82, 2.24) is 4.72 Å². The summed E-state index contributed by atoms with van der Waals surface area (Å²) in [5, 5.41) is 1.56. The third-order valence-electron chi connectivity index (χ3n) is 8.25. The van der Waals surface area contributed by atoms with E-state index in [4.69, 9.17) is 28.2 Å². The van der Waals surface area contributed by atoms with E-state index >= 15 is 0 Å². The summed E-state index contributed by atoms with van der Waals surface area (Å²) in [6.45, 7) is 0.372. The third-order valence-corrected chi connectivity index (χ3v) is 10.6. The zero-order chi connectivity index (χ0) is 30.6. The number of hydrogen-bond acceptors (Lipinski definition) is 5. The summed E-state index contributed by atoms with van der Waals surface area (Å²) in [5.74, 6) is -0.789. The van der Waals surface area contributed by atoms with Gasteiger partial charge in [0.2, 0.25) is 10.0 Å². The number of nitrogens with zero attached hydrogens (tertiary/aromatic N) is 2. The van der Waals surface area contributed by atoms with Crippen LogP contribution in [0.2, 0.25) is 10.0 Å². The highest BCUT2D eigenvalue weighted by molar-refractivity contribution is 8.14. The Bertz CT molecular complexity index is 1980. The molecule has 0 saturated carbocycles. The molecule has 3 aliphatic heterocycles. The summed E-state index contributed by atoms with van der Waals surface area (Å²) < 4.78 is 28.4. The van der Waals surface area contributed by atoms with E-state index in [0.29, 0.717) is 39.3 Å². The lowest BCUT2D eigenvalue weighted by atomic mass is 9.73. The van der Waals surface area contributed by atoms with Gasteiger partial charge in [-0.2, -0.15) is 0 Å². The maximum atomic E-state index is 15.0. The van der Waals surface area contributed by atoms with E-state index in [9.17, 15) is 13.2 Å². The van der Waals surface area contributed by atoms with Gasteiger partial charge in [-0.3, -0.25) is 14.5 Å². The molecule has 0 unspecified atom stereocenters. The van der Waals surface area contributed by atoms with E-state index in [1.165, 1.54) is 11.8 Å². The van der Waals surface area contributed by atoms with Crippen molar-refractivity contribution in [2.24, 2.45) is 4.99 Å². The predicted molar refractivity (Wildman–Crippen MR) is 179 cm³/mol. The number of carbonyl (C=O) groups excluding carboxylic acids is 1. The Labute approximate surface area is 270 Å². The van der Waals surface area contributed by atoms with Crippen LogP contribution in [0.15, 0.2) is 119 Å². The lowest BCUT2D eigenvalue weighted by Crippen LogP contribution is -2.42. The van der Waals surface area contributed by atoms with Crippen LogP contribution in [-0.2, 0) is 26.9 Å². The summed E-state index contributed by atoms with van der Waals surface area (Å²) in [6.07, 6.45) is 1.52. The summed E-state index contributed by atoms with van der Waals surface area (Å²) in [7, 11) is -3.67. The number of benzene rings is 4. The number of para-hydroxylation sites is 1. The first-order valence-corrected chi connectivity index (χ1v) is 17.6. The van der Waals surface area contributed by atoms with Crippen molar-refractivity contribution in [3.63, 3.8) is 0 Å². The van der Waals surface area contributed by atoms with Gasteiger partial charge < -0.3 is 4.90 Å². The number of rotatable bonds is 6. The molecule has 222 valence electrons. The Morgan fingerprint density at radius 2 is 1.57 bits per heavy atom. The van der Waals surface area contributed by atoms with E-state index in [-0.39, 0.29) is 11.2 Å². The molecule has 44 heavy (non-hydrogen) atoms. The number of allylic oxidation sites excluding steroid dienone is 1. The van der Waals surface area contributed by atoms with Crippen molar-refractivity contribution in [3.05, 3.63) is 147 Å². The molecule has 6 nitrogen and oxygen atoms in total. The Morgan fingerprint density at radius 3 is 2.27 bits per heavy atom. The van der Waals surface area contributed by atoms with E-state index in [2.05, 4.69) is 4.72 Å². The second-order valence-electron chi connectivity index (χ2n) is 11.2. The smallest absolute Gasteiger partial charge is 0.260 e. The second-order valence-corrected chi connectivity index (χ2v) is 15.0. The second kappa shape index (κ2) is 11.1. The molecular formula is C34H27Cl2N3O3S2. The number of aliphatic imine (C=N–C) groups is 1. The van der Waals surface area contributed by atoms with Crippen LogP contribution >= 0.6 is 35.0 Å². The molecule has 0 aromatic heterocycles. The quantitative estimate of drug-likeness (QED) is 0.231. The molecule has 0 fully saturated rings. The van der Waals surface area contributed by atoms with E-state index in [0.717, 1.165) is 34.2 Å². The molecule has 0 radical (unpaired) electrons. The van der Waals surface area contributed by atoms with Gasteiger partial charge in [0, 0.05) is 38.5 Å². The summed E-state index contributed by atoms with van der Waals surface area (Å²) in [4.78, 5) is 22.1. The molecule has 4 aromatic rings. The van der Waals surface area contributed by atoms with E-state index < -0.39 is 21.5 Å². The first kappa shape index (κ1) is 29.2. The van der Waals surface area contributed by atoms with Crippen molar-refractivity contribution in [3.8, 4) is 0 Å². The number of hydrogen-bond donors (Lipinski definition) is 1. The van der Waals surface area contributed by atoms with E-state index in [1.54, 1.807) is 11.0 Å². The minimum absolute atomic E-state index is 0.166. The molecule has 0 bridgehead atoms. The Morgan fingerprint density at radius 1 is 0.909 bits per heavy atom. The molecule has 3 aliphatic rings. The highest BCUT2D eigenvalue weighted by atomic mass is 35.5. The number of nitrogens with one attached hydrogen (secondary N) is 1. The van der Waals surface area contributed by atoms with Crippen molar-refractivity contribution in [1.29, 1.82) is 0 Å². The molecule has 0 saturated heterocycles. The van der Waals surface area contributed by atoms with Crippen LogP contribution in [-0.4, -0.2) is 25.6 Å². The average molecular weight is 661 g/mol. The standard InChI is InChI=1S/C34H27Cl2N3O3S2/c1-44(41,42)38-27-19-29(22-11-7-13-24(35)17-22)43-32-30(27)31(23-12-8-14-25(36)18-23)34(37-32)26-15-5-6-16-28(26)39(33(34)40)20-21-9-3-2-4-10-21/h2-18,29,31,38H,19-20H2,1H3/t29-,31+,34-/m0/s1. The number of anilines is 1. The van der Waals surface area contributed by atoms with Gasteiger partial charge in [-0.05, 0) is 47.0 Å². The van der Waals surface area contributed by atoms with Crippen LogP contribution in [0.5, 0.6) is 0 Å². The van der Waals surface area contributed by atoms with Gasteiger partial charge in [0.05, 0.1) is 29.4 Å². The van der Waals surface area contributed by atoms with Gasteiger partial charge in [-0.15, -0.1) is 0 Å². The average Bonchev–Trinajstić information content (AvgIpc) is 3.46. The zero-order valence-corrected chi connectivity index (χ0v) is 26.7.